The number of likely N-dealkylation sites (N-methyl/N-ethyl adjacent to an activating group) is 1. The molecule has 0 saturated carbocycles. The number of aliphatic hydroxyl groups is 1. The number of ether oxygens (including phenoxy) is 1. The van der Waals surface area contributed by atoms with Crippen LogP contribution < -0.4 is 14.6 Å². The molecular weight excluding hydrogens is 610 g/mol. The summed E-state index contributed by atoms with van der Waals surface area (Å²) < 4.78 is 38.5. The Labute approximate surface area is 269 Å². The SMILES string of the molecule is CNCC(=O)Oc1c(C)cc(C[n+]2cnn(C[C@](O)(c3cc(F)ccc3F)[C@@H](C)c3nc(-c4ccc(C#N)cc4)cs3)c2)cc1C. The fourth-order valence-electron chi connectivity index (χ4n) is 5.39. The van der Waals surface area contributed by atoms with Crippen molar-refractivity contribution in [3.63, 3.8) is 0 Å². The van der Waals surface area contributed by atoms with E-state index in [0.717, 1.165) is 40.5 Å². The zero-order valence-corrected chi connectivity index (χ0v) is 26.6. The highest BCUT2D eigenvalue weighted by Crippen LogP contribution is 2.41. The number of thiazole rings is 1. The summed E-state index contributed by atoms with van der Waals surface area (Å²) in [6, 6.07) is 15.9. The van der Waals surface area contributed by atoms with E-state index in [1.165, 1.54) is 16.0 Å². The van der Waals surface area contributed by atoms with Gasteiger partial charge in [0, 0.05) is 27.5 Å². The molecule has 0 spiro atoms. The minimum Gasteiger partial charge on any atom is -0.425 e. The van der Waals surface area contributed by atoms with Crippen molar-refractivity contribution in [1.29, 1.82) is 5.26 Å². The Morgan fingerprint density at radius 2 is 1.89 bits per heavy atom. The van der Waals surface area contributed by atoms with Crippen LogP contribution in [0.4, 0.5) is 8.78 Å². The highest BCUT2D eigenvalue weighted by Gasteiger charge is 2.43. The van der Waals surface area contributed by atoms with Crippen molar-refractivity contribution in [3.8, 4) is 23.1 Å². The molecule has 12 heteroatoms. The molecule has 46 heavy (non-hydrogen) atoms. The molecule has 3 aromatic carbocycles. The largest absolute Gasteiger partial charge is 0.425 e. The average Bonchev–Trinajstić information content (AvgIpc) is 3.70. The number of nitrogens with one attached hydrogen (secondary N) is 1. The maximum atomic E-state index is 15.3. The maximum Gasteiger partial charge on any atom is 0.325 e. The van der Waals surface area contributed by atoms with Gasteiger partial charge in [-0.25, -0.2) is 18.3 Å². The third kappa shape index (κ3) is 7.02. The third-order valence-electron chi connectivity index (χ3n) is 7.77. The Bertz CT molecular complexity index is 1890. The van der Waals surface area contributed by atoms with E-state index in [9.17, 15) is 14.3 Å². The normalized spacial score (nSPS) is 13.2. The molecule has 0 aliphatic rings. The van der Waals surface area contributed by atoms with Crippen LogP contribution in [0.15, 0.2) is 72.6 Å². The Morgan fingerprint density at radius 3 is 2.57 bits per heavy atom. The van der Waals surface area contributed by atoms with Crippen molar-refractivity contribution in [2.45, 2.75) is 45.4 Å². The Morgan fingerprint density at radius 1 is 1.17 bits per heavy atom. The molecule has 0 aliphatic carbocycles. The molecule has 2 aromatic heterocycles. The summed E-state index contributed by atoms with van der Waals surface area (Å²) in [6.07, 6.45) is 3.27. The van der Waals surface area contributed by atoms with Crippen LogP contribution in [-0.2, 0) is 23.5 Å². The summed E-state index contributed by atoms with van der Waals surface area (Å²) in [5.41, 5.74) is 2.37. The lowest BCUT2D eigenvalue weighted by molar-refractivity contribution is -0.689. The molecule has 0 aliphatic heterocycles. The molecule has 0 bridgehead atoms. The smallest absolute Gasteiger partial charge is 0.325 e. The average molecular weight is 644 g/mol. The fourth-order valence-corrected chi connectivity index (χ4v) is 6.37. The second-order valence-electron chi connectivity index (χ2n) is 11.2. The van der Waals surface area contributed by atoms with Gasteiger partial charge in [0.2, 0.25) is 6.33 Å². The van der Waals surface area contributed by atoms with Crippen LogP contribution in [0.2, 0.25) is 0 Å². The summed E-state index contributed by atoms with van der Waals surface area (Å²) in [4.78, 5) is 16.7. The van der Waals surface area contributed by atoms with Crippen LogP contribution in [0, 0.1) is 36.8 Å². The van der Waals surface area contributed by atoms with Gasteiger partial charge in [0.25, 0.3) is 6.33 Å². The molecule has 2 heterocycles. The van der Waals surface area contributed by atoms with Crippen LogP contribution >= 0.6 is 11.3 Å². The summed E-state index contributed by atoms with van der Waals surface area (Å²) in [6.45, 7) is 5.79. The van der Waals surface area contributed by atoms with E-state index >= 15 is 4.39 Å². The zero-order valence-electron chi connectivity index (χ0n) is 25.8. The number of carbonyl (C=O) groups excluding carboxylic acids is 1. The number of halogens is 2. The van der Waals surface area contributed by atoms with E-state index in [1.807, 2.05) is 31.4 Å². The number of aryl methyl sites for hydroxylation is 2. The van der Waals surface area contributed by atoms with Gasteiger partial charge >= 0.3 is 5.97 Å². The zero-order chi connectivity index (χ0) is 33.0. The number of benzene rings is 3. The molecule has 5 rings (SSSR count). The minimum atomic E-state index is -1.93. The van der Waals surface area contributed by atoms with Crippen LogP contribution in [0.25, 0.3) is 11.3 Å². The molecule has 9 nitrogen and oxygen atoms in total. The first-order valence-corrected chi connectivity index (χ1v) is 15.4. The van der Waals surface area contributed by atoms with Gasteiger partial charge in [-0.05, 0) is 80.1 Å². The molecule has 0 radical (unpaired) electrons. The van der Waals surface area contributed by atoms with E-state index in [0.29, 0.717) is 28.6 Å². The molecule has 5 aromatic rings. The topological polar surface area (TPSA) is 117 Å². The summed E-state index contributed by atoms with van der Waals surface area (Å²) in [5.74, 6) is -2.05. The maximum absolute atomic E-state index is 15.3. The van der Waals surface area contributed by atoms with Gasteiger partial charge in [0.15, 0.2) is 0 Å². The van der Waals surface area contributed by atoms with Crippen molar-refractivity contribution in [2.24, 2.45) is 0 Å². The second-order valence-corrected chi connectivity index (χ2v) is 12.1. The highest BCUT2D eigenvalue weighted by molar-refractivity contribution is 7.10. The van der Waals surface area contributed by atoms with Gasteiger partial charge in [-0.15, -0.1) is 16.0 Å². The van der Waals surface area contributed by atoms with Gasteiger partial charge in [-0.3, -0.25) is 4.79 Å². The molecule has 2 atom stereocenters. The summed E-state index contributed by atoms with van der Waals surface area (Å²) >= 11 is 1.30. The molecule has 0 unspecified atom stereocenters. The van der Waals surface area contributed by atoms with Crippen molar-refractivity contribution >= 4 is 17.3 Å². The lowest BCUT2D eigenvalue weighted by Gasteiger charge is -2.32. The van der Waals surface area contributed by atoms with Crippen LogP contribution in [-0.4, -0.2) is 39.4 Å². The third-order valence-corrected chi connectivity index (χ3v) is 8.80. The van der Waals surface area contributed by atoms with E-state index in [2.05, 4.69) is 16.5 Å². The van der Waals surface area contributed by atoms with Gasteiger partial charge in [0.1, 0.15) is 29.5 Å². The number of nitriles is 1. The van der Waals surface area contributed by atoms with Crippen molar-refractivity contribution < 1.29 is 28.0 Å². The predicted molar refractivity (Wildman–Crippen MR) is 168 cm³/mol. The van der Waals surface area contributed by atoms with Crippen molar-refractivity contribution in [3.05, 3.63) is 117 Å². The number of esters is 1. The molecule has 236 valence electrons. The Balaban J connectivity index is 1.42. The first-order valence-electron chi connectivity index (χ1n) is 14.5. The summed E-state index contributed by atoms with van der Waals surface area (Å²) in [7, 11) is 1.67. The lowest BCUT2D eigenvalue weighted by Crippen LogP contribution is -2.39. The van der Waals surface area contributed by atoms with E-state index in [4.69, 9.17) is 15.0 Å². The predicted octanol–water partition coefficient (Wildman–Crippen LogP) is 4.93. The molecule has 0 saturated heterocycles. The van der Waals surface area contributed by atoms with Gasteiger partial charge in [-0.1, -0.05) is 19.1 Å². The van der Waals surface area contributed by atoms with Gasteiger partial charge in [0.05, 0.1) is 35.4 Å². The lowest BCUT2D eigenvalue weighted by atomic mass is 9.82. The number of hydrogen-bond acceptors (Lipinski definition) is 8. The van der Waals surface area contributed by atoms with E-state index < -0.39 is 23.2 Å². The van der Waals surface area contributed by atoms with Crippen LogP contribution in [0.3, 0.4) is 0 Å². The number of nitrogens with zero attached hydrogens (tertiary/aromatic N) is 5. The van der Waals surface area contributed by atoms with Gasteiger partial charge < -0.3 is 15.2 Å². The fraction of sp³-hybridized carbons (Fsp3) is 0.265. The number of rotatable bonds is 11. The molecular formula is C34H33F2N6O3S+. The van der Waals surface area contributed by atoms with Gasteiger partial charge in [-0.2, -0.15) is 5.26 Å². The first kappa shape index (κ1) is 32.6. The Kier molecular flexibility index (Phi) is 9.67. The highest BCUT2D eigenvalue weighted by atomic mass is 32.1. The molecule has 2 N–H and O–H groups in total. The number of hydrogen-bond donors (Lipinski definition) is 2. The minimum absolute atomic E-state index is 0.0982. The van der Waals surface area contributed by atoms with Crippen molar-refractivity contribution in [1.82, 2.24) is 20.1 Å². The first-order chi connectivity index (χ1) is 22.0. The van der Waals surface area contributed by atoms with Crippen LogP contribution in [0.5, 0.6) is 5.75 Å². The summed E-state index contributed by atoms with van der Waals surface area (Å²) in [5, 5.41) is 30.9. The van der Waals surface area contributed by atoms with Crippen molar-refractivity contribution in [2.75, 3.05) is 13.6 Å². The van der Waals surface area contributed by atoms with E-state index in [1.54, 1.807) is 55.5 Å². The Hall–Kier alpha value is -4.83. The molecule has 0 fully saturated rings. The second kappa shape index (κ2) is 13.7. The quantitative estimate of drug-likeness (QED) is 0.119. The number of carbonyl (C=O) groups is 1. The van der Waals surface area contributed by atoms with Crippen LogP contribution in [0.1, 0.15) is 45.7 Å². The van der Waals surface area contributed by atoms with E-state index in [-0.39, 0.29) is 24.6 Å². The molecule has 0 amide bonds. The standard InChI is InChI=1S/C34H33F2N6O3S/c1-21-11-25(12-22(2)32(21)45-31(43)15-38-4)16-41-19-39-42(20-41)18-34(44,28-13-27(35)9-10-29(28)36)23(3)33-40-30(17-46-33)26-7-5-24(14-37)6-8-26/h5-13,17,19-20,23,38,44H,15-16,18H2,1-4H3/q+1/t23-,34+/m0/s1. The number of aromatic nitrogens is 4. The monoisotopic (exact) mass is 643 g/mol.